The van der Waals surface area contributed by atoms with Crippen molar-refractivity contribution in [3.8, 4) is 11.5 Å². The molecule has 9 heteroatoms. The minimum atomic E-state index is -0.682. The molecule has 1 N–H and O–H groups in total. The molecule has 32 heavy (non-hydrogen) atoms. The molecule has 0 unspecified atom stereocenters. The monoisotopic (exact) mass is 463 g/mol. The molecule has 2 aromatic rings. The third-order valence-corrected chi connectivity index (χ3v) is 5.21. The number of nitrogens with one attached hydrogen (secondary N) is 1. The average molecular weight is 464 g/mol. The SMILES string of the molecule is CCOC(=O)c1c(CC(C)C)csc1NC(=O)COC(=O)c1ccc(OCC)c(OC)c1. The van der Waals surface area contributed by atoms with Crippen molar-refractivity contribution in [2.45, 2.75) is 34.1 Å². The number of hydrogen-bond donors (Lipinski definition) is 1. The summed E-state index contributed by atoms with van der Waals surface area (Å²) in [5, 5.41) is 4.87. The molecule has 0 atom stereocenters. The zero-order chi connectivity index (χ0) is 23.7. The van der Waals surface area contributed by atoms with Crippen molar-refractivity contribution in [2.75, 3.05) is 32.2 Å². The van der Waals surface area contributed by atoms with E-state index in [-0.39, 0.29) is 12.2 Å². The fourth-order valence-corrected chi connectivity index (χ4v) is 3.93. The molecule has 0 saturated carbocycles. The van der Waals surface area contributed by atoms with E-state index in [0.29, 0.717) is 41.0 Å². The normalized spacial score (nSPS) is 10.6. The van der Waals surface area contributed by atoms with Crippen molar-refractivity contribution in [1.29, 1.82) is 0 Å². The molecule has 1 aromatic heterocycles. The van der Waals surface area contributed by atoms with Gasteiger partial charge in [-0.3, -0.25) is 4.79 Å². The number of hydrogen-bond acceptors (Lipinski definition) is 8. The molecule has 0 bridgehead atoms. The highest BCUT2D eigenvalue weighted by Crippen LogP contribution is 2.31. The third kappa shape index (κ3) is 6.71. The lowest BCUT2D eigenvalue weighted by Gasteiger charge is -2.11. The lowest BCUT2D eigenvalue weighted by Crippen LogP contribution is -2.22. The van der Waals surface area contributed by atoms with Crippen LogP contribution in [0.5, 0.6) is 11.5 Å². The fraction of sp³-hybridized carbons (Fsp3) is 0.435. The van der Waals surface area contributed by atoms with Crippen molar-refractivity contribution >= 4 is 34.2 Å². The first-order valence-corrected chi connectivity index (χ1v) is 11.2. The molecule has 1 amide bonds. The number of amides is 1. The molecule has 0 aliphatic rings. The van der Waals surface area contributed by atoms with E-state index >= 15 is 0 Å². The molecular weight excluding hydrogens is 434 g/mol. The van der Waals surface area contributed by atoms with Gasteiger partial charge in [-0.1, -0.05) is 13.8 Å². The standard InChI is InChI=1S/C23H29NO7S/c1-6-29-17-9-8-15(11-18(17)28-5)22(26)31-12-19(25)24-21-20(23(27)30-7-2)16(13-32-21)10-14(3)4/h8-9,11,13-14H,6-7,10,12H2,1-5H3,(H,24,25). The number of anilines is 1. The number of ether oxygens (including phenoxy) is 4. The largest absolute Gasteiger partial charge is 0.493 e. The molecule has 0 saturated heterocycles. The van der Waals surface area contributed by atoms with Crippen molar-refractivity contribution in [3.63, 3.8) is 0 Å². The van der Waals surface area contributed by atoms with E-state index in [9.17, 15) is 14.4 Å². The van der Waals surface area contributed by atoms with Gasteiger partial charge in [0, 0.05) is 0 Å². The lowest BCUT2D eigenvalue weighted by molar-refractivity contribution is -0.119. The first kappa shape index (κ1) is 25.2. The van der Waals surface area contributed by atoms with Crippen LogP contribution in [0.3, 0.4) is 0 Å². The van der Waals surface area contributed by atoms with Gasteiger partial charge in [-0.05, 0) is 55.3 Å². The summed E-state index contributed by atoms with van der Waals surface area (Å²) in [5.74, 6) is -0.503. The summed E-state index contributed by atoms with van der Waals surface area (Å²) < 4.78 is 20.9. The van der Waals surface area contributed by atoms with Crippen LogP contribution in [0.1, 0.15) is 54.0 Å². The number of esters is 2. The fourth-order valence-electron chi connectivity index (χ4n) is 2.95. The van der Waals surface area contributed by atoms with Crippen LogP contribution in [0.25, 0.3) is 0 Å². The minimum absolute atomic E-state index is 0.223. The smallest absolute Gasteiger partial charge is 0.341 e. The molecule has 0 radical (unpaired) electrons. The third-order valence-electron chi connectivity index (χ3n) is 4.26. The van der Waals surface area contributed by atoms with Crippen molar-refractivity contribution in [1.82, 2.24) is 0 Å². The number of rotatable bonds is 11. The van der Waals surface area contributed by atoms with Gasteiger partial charge in [-0.2, -0.15) is 0 Å². The molecule has 2 rings (SSSR count). The summed E-state index contributed by atoms with van der Waals surface area (Å²) in [5.41, 5.74) is 1.39. The topological polar surface area (TPSA) is 100 Å². The van der Waals surface area contributed by atoms with Crippen molar-refractivity contribution in [2.24, 2.45) is 5.92 Å². The van der Waals surface area contributed by atoms with Gasteiger partial charge in [0.15, 0.2) is 18.1 Å². The molecule has 1 aromatic carbocycles. The highest BCUT2D eigenvalue weighted by atomic mass is 32.1. The summed E-state index contributed by atoms with van der Waals surface area (Å²) in [7, 11) is 1.47. The molecular formula is C23H29NO7S. The van der Waals surface area contributed by atoms with E-state index in [4.69, 9.17) is 18.9 Å². The van der Waals surface area contributed by atoms with E-state index in [2.05, 4.69) is 5.32 Å². The number of carbonyl (C=O) groups is 3. The summed E-state index contributed by atoms with van der Waals surface area (Å²) in [4.78, 5) is 37.2. The highest BCUT2D eigenvalue weighted by molar-refractivity contribution is 7.15. The Morgan fingerprint density at radius 1 is 1.03 bits per heavy atom. The second-order valence-electron chi connectivity index (χ2n) is 7.21. The molecule has 0 fully saturated rings. The molecule has 0 aliphatic carbocycles. The predicted molar refractivity (Wildman–Crippen MR) is 122 cm³/mol. The lowest BCUT2D eigenvalue weighted by atomic mass is 10.0. The molecule has 174 valence electrons. The summed E-state index contributed by atoms with van der Waals surface area (Å²) in [6, 6.07) is 4.62. The van der Waals surface area contributed by atoms with Gasteiger partial charge in [-0.15, -0.1) is 11.3 Å². The Hall–Kier alpha value is -3.07. The van der Waals surface area contributed by atoms with Gasteiger partial charge >= 0.3 is 11.9 Å². The maximum Gasteiger partial charge on any atom is 0.341 e. The number of thiophene rings is 1. The first-order valence-electron chi connectivity index (χ1n) is 10.4. The van der Waals surface area contributed by atoms with Crippen LogP contribution in [0.4, 0.5) is 5.00 Å². The van der Waals surface area contributed by atoms with Crippen LogP contribution in [-0.2, 0) is 20.7 Å². The minimum Gasteiger partial charge on any atom is -0.493 e. The van der Waals surface area contributed by atoms with E-state index in [0.717, 1.165) is 5.56 Å². The second kappa shape index (κ2) is 12.1. The van der Waals surface area contributed by atoms with Crippen LogP contribution in [0, 0.1) is 5.92 Å². The van der Waals surface area contributed by atoms with Crippen LogP contribution in [-0.4, -0.2) is 44.8 Å². The van der Waals surface area contributed by atoms with E-state index in [1.165, 1.54) is 30.6 Å². The van der Waals surface area contributed by atoms with Crippen molar-refractivity contribution in [3.05, 3.63) is 40.3 Å². The van der Waals surface area contributed by atoms with E-state index in [1.54, 1.807) is 13.0 Å². The van der Waals surface area contributed by atoms with Gasteiger partial charge in [0.05, 0.1) is 31.5 Å². The Morgan fingerprint density at radius 3 is 2.41 bits per heavy atom. The quantitative estimate of drug-likeness (QED) is 0.495. The van der Waals surface area contributed by atoms with E-state index in [1.807, 2.05) is 26.2 Å². The Morgan fingerprint density at radius 2 is 1.78 bits per heavy atom. The van der Waals surface area contributed by atoms with Crippen molar-refractivity contribution < 1.29 is 33.3 Å². The van der Waals surface area contributed by atoms with Gasteiger partial charge in [0.2, 0.25) is 0 Å². The number of methoxy groups -OCH3 is 1. The predicted octanol–water partition coefficient (Wildman–Crippen LogP) is 4.33. The van der Waals surface area contributed by atoms with Gasteiger partial charge in [0.25, 0.3) is 5.91 Å². The molecule has 0 aliphatic heterocycles. The van der Waals surface area contributed by atoms with Crippen LogP contribution >= 0.6 is 11.3 Å². The van der Waals surface area contributed by atoms with Gasteiger partial charge < -0.3 is 24.3 Å². The summed E-state index contributed by atoms with van der Waals surface area (Å²) in [6.45, 7) is 7.82. The average Bonchev–Trinajstić information content (AvgIpc) is 3.13. The van der Waals surface area contributed by atoms with Gasteiger partial charge in [0.1, 0.15) is 5.00 Å². The van der Waals surface area contributed by atoms with Gasteiger partial charge in [-0.25, -0.2) is 9.59 Å². The van der Waals surface area contributed by atoms with Crippen LogP contribution in [0.15, 0.2) is 23.6 Å². The highest BCUT2D eigenvalue weighted by Gasteiger charge is 2.23. The van der Waals surface area contributed by atoms with Crippen LogP contribution < -0.4 is 14.8 Å². The Kier molecular flexibility index (Phi) is 9.52. The molecule has 8 nitrogen and oxygen atoms in total. The zero-order valence-corrected chi connectivity index (χ0v) is 19.8. The Bertz CT molecular complexity index is 952. The van der Waals surface area contributed by atoms with Crippen LogP contribution in [0.2, 0.25) is 0 Å². The molecule has 1 heterocycles. The maximum atomic E-state index is 12.4. The number of carbonyl (C=O) groups excluding carboxylic acids is 3. The summed E-state index contributed by atoms with van der Waals surface area (Å²) in [6.07, 6.45) is 0.676. The maximum absolute atomic E-state index is 12.4. The Labute approximate surface area is 191 Å². The second-order valence-corrected chi connectivity index (χ2v) is 8.09. The summed E-state index contributed by atoms with van der Waals surface area (Å²) >= 11 is 1.24. The molecule has 0 spiro atoms. The number of benzene rings is 1. The zero-order valence-electron chi connectivity index (χ0n) is 19.0. The Balaban J connectivity index is 2.06. The van der Waals surface area contributed by atoms with E-state index < -0.39 is 24.5 Å². The first-order chi connectivity index (χ1) is 15.3.